The summed E-state index contributed by atoms with van der Waals surface area (Å²) >= 11 is 6.19. The van der Waals surface area contributed by atoms with E-state index in [2.05, 4.69) is 15.3 Å². The summed E-state index contributed by atoms with van der Waals surface area (Å²) < 4.78 is 0. The highest BCUT2D eigenvalue weighted by molar-refractivity contribution is 6.36. The first-order valence-electron chi connectivity index (χ1n) is 6.89. The van der Waals surface area contributed by atoms with E-state index in [1.165, 1.54) is 0 Å². The van der Waals surface area contributed by atoms with E-state index in [9.17, 15) is 4.79 Å². The van der Waals surface area contributed by atoms with Crippen LogP contribution in [0.3, 0.4) is 0 Å². The zero-order chi connectivity index (χ0) is 16.2. The second kappa shape index (κ2) is 6.46. The minimum atomic E-state index is -0.386. The Morgan fingerprint density at radius 3 is 2.65 bits per heavy atom. The van der Waals surface area contributed by atoms with Crippen LogP contribution in [0, 0.1) is 0 Å². The van der Waals surface area contributed by atoms with Crippen molar-refractivity contribution < 1.29 is 4.79 Å². The molecule has 5 nitrogen and oxygen atoms in total. The molecule has 3 rings (SSSR count). The third-order valence-electron chi connectivity index (χ3n) is 3.21. The number of fused-ring (bicyclic) bond motifs is 1. The lowest BCUT2D eigenvalue weighted by atomic mass is 10.1. The van der Waals surface area contributed by atoms with Gasteiger partial charge in [-0.05, 0) is 30.3 Å². The number of halogens is 1. The molecule has 1 aromatic heterocycles. The standard InChI is InChI=1S/C17H13ClN4O/c18-13-7-4-8-14-15(13)12(9-10-20-14)16(23)22-17(19)21-11-5-2-1-3-6-11/h1-10H,(H3,19,21,22,23). The molecule has 6 heteroatoms. The molecule has 0 saturated heterocycles. The summed E-state index contributed by atoms with van der Waals surface area (Å²) in [5.74, 6) is -0.374. The SMILES string of the molecule is NC(=Nc1ccccc1)NC(=O)c1ccnc2cccc(Cl)c12. The highest BCUT2D eigenvalue weighted by Gasteiger charge is 2.13. The maximum atomic E-state index is 12.5. The van der Waals surface area contributed by atoms with Crippen molar-refractivity contribution in [2.45, 2.75) is 0 Å². The smallest absolute Gasteiger partial charge is 0.258 e. The van der Waals surface area contributed by atoms with Crippen LogP contribution in [0.2, 0.25) is 5.02 Å². The second-order valence-corrected chi connectivity index (χ2v) is 5.19. The minimum Gasteiger partial charge on any atom is -0.369 e. The van der Waals surface area contributed by atoms with Gasteiger partial charge in [-0.2, -0.15) is 0 Å². The van der Waals surface area contributed by atoms with Crippen molar-refractivity contribution in [1.29, 1.82) is 0 Å². The third kappa shape index (κ3) is 3.30. The number of pyridine rings is 1. The molecule has 0 atom stereocenters. The molecule has 0 aliphatic carbocycles. The van der Waals surface area contributed by atoms with E-state index in [0.29, 0.717) is 27.2 Å². The average Bonchev–Trinajstić information content (AvgIpc) is 2.55. The van der Waals surface area contributed by atoms with E-state index in [-0.39, 0.29) is 11.9 Å². The molecule has 0 radical (unpaired) electrons. The molecule has 0 saturated carbocycles. The van der Waals surface area contributed by atoms with E-state index in [4.69, 9.17) is 17.3 Å². The summed E-state index contributed by atoms with van der Waals surface area (Å²) in [6.07, 6.45) is 1.55. The Balaban J connectivity index is 1.91. The molecule has 0 aliphatic rings. The van der Waals surface area contributed by atoms with Gasteiger partial charge in [0.15, 0.2) is 0 Å². The lowest BCUT2D eigenvalue weighted by molar-refractivity contribution is 0.0978. The van der Waals surface area contributed by atoms with E-state index in [1.807, 2.05) is 18.2 Å². The fraction of sp³-hybridized carbons (Fsp3) is 0. The Hall–Kier alpha value is -2.92. The van der Waals surface area contributed by atoms with Gasteiger partial charge in [0, 0.05) is 11.6 Å². The van der Waals surface area contributed by atoms with Crippen LogP contribution >= 0.6 is 11.6 Å². The number of benzene rings is 2. The Morgan fingerprint density at radius 2 is 1.87 bits per heavy atom. The van der Waals surface area contributed by atoms with E-state index < -0.39 is 0 Å². The van der Waals surface area contributed by atoms with Crippen molar-refractivity contribution in [3.05, 3.63) is 71.4 Å². The summed E-state index contributed by atoms with van der Waals surface area (Å²) in [6.45, 7) is 0. The Labute approximate surface area is 137 Å². The van der Waals surface area contributed by atoms with Crippen LogP contribution in [0.5, 0.6) is 0 Å². The monoisotopic (exact) mass is 324 g/mol. The first-order valence-corrected chi connectivity index (χ1v) is 7.27. The molecule has 1 heterocycles. The zero-order valence-corrected chi connectivity index (χ0v) is 12.8. The number of nitrogens with zero attached hydrogens (tertiary/aromatic N) is 2. The van der Waals surface area contributed by atoms with Gasteiger partial charge in [-0.25, -0.2) is 4.99 Å². The maximum Gasteiger partial charge on any atom is 0.258 e. The summed E-state index contributed by atoms with van der Waals surface area (Å²) in [4.78, 5) is 20.8. The van der Waals surface area contributed by atoms with Gasteiger partial charge < -0.3 is 5.73 Å². The highest BCUT2D eigenvalue weighted by Crippen LogP contribution is 2.25. The molecular weight excluding hydrogens is 312 g/mol. The fourth-order valence-corrected chi connectivity index (χ4v) is 2.48. The molecule has 1 amide bonds. The number of rotatable bonds is 2. The molecule has 3 N–H and O–H groups in total. The predicted molar refractivity (Wildman–Crippen MR) is 91.9 cm³/mol. The number of carbonyl (C=O) groups is 1. The Morgan fingerprint density at radius 1 is 1.09 bits per heavy atom. The topological polar surface area (TPSA) is 80.4 Å². The van der Waals surface area contributed by atoms with Gasteiger partial charge in [0.2, 0.25) is 5.96 Å². The van der Waals surface area contributed by atoms with Gasteiger partial charge in [-0.15, -0.1) is 0 Å². The van der Waals surface area contributed by atoms with Crippen LogP contribution in [-0.2, 0) is 0 Å². The average molecular weight is 325 g/mol. The van der Waals surface area contributed by atoms with Crippen LogP contribution in [0.15, 0.2) is 65.8 Å². The van der Waals surface area contributed by atoms with Crippen molar-refractivity contribution in [1.82, 2.24) is 10.3 Å². The summed E-state index contributed by atoms with van der Waals surface area (Å²) in [6, 6.07) is 16.0. The third-order valence-corrected chi connectivity index (χ3v) is 3.52. The van der Waals surface area contributed by atoms with Crippen molar-refractivity contribution in [3.63, 3.8) is 0 Å². The number of aromatic nitrogens is 1. The van der Waals surface area contributed by atoms with E-state index in [1.54, 1.807) is 42.6 Å². The highest BCUT2D eigenvalue weighted by atomic mass is 35.5. The molecule has 0 bridgehead atoms. The normalized spacial score (nSPS) is 11.4. The molecule has 2 aromatic carbocycles. The van der Waals surface area contributed by atoms with Gasteiger partial charge in [0.25, 0.3) is 5.91 Å². The molecule has 0 fully saturated rings. The van der Waals surface area contributed by atoms with Gasteiger partial charge >= 0.3 is 0 Å². The summed E-state index contributed by atoms with van der Waals surface area (Å²) in [7, 11) is 0. The van der Waals surface area contributed by atoms with E-state index >= 15 is 0 Å². The number of carbonyl (C=O) groups excluding carboxylic acids is 1. The first-order chi connectivity index (χ1) is 11.1. The largest absolute Gasteiger partial charge is 0.369 e. The molecule has 114 valence electrons. The Kier molecular flexibility index (Phi) is 4.21. The number of nitrogens with one attached hydrogen (secondary N) is 1. The van der Waals surface area contributed by atoms with Gasteiger partial charge in [-0.3, -0.25) is 15.1 Å². The summed E-state index contributed by atoms with van der Waals surface area (Å²) in [5.41, 5.74) is 7.49. The molecule has 3 aromatic rings. The predicted octanol–water partition coefficient (Wildman–Crippen LogP) is 3.26. The van der Waals surface area contributed by atoms with Crippen molar-refractivity contribution in [2.24, 2.45) is 10.7 Å². The number of hydrogen-bond donors (Lipinski definition) is 2. The molecule has 23 heavy (non-hydrogen) atoms. The van der Waals surface area contributed by atoms with Crippen LogP contribution in [-0.4, -0.2) is 16.9 Å². The Bertz CT molecular complexity index is 888. The van der Waals surface area contributed by atoms with Gasteiger partial charge in [0.05, 0.1) is 21.8 Å². The quantitative estimate of drug-likeness (QED) is 0.561. The number of para-hydroxylation sites is 1. The number of aliphatic imine (C=N–C) groups is 1. The van der Waals surface area contributed by atoms with Crippen LogP contribution in [0.1, 0.15) is 10.4 Å². The van der Waals surface area contributed by atoms with Gasteiger partial charge in [0.1, 0.15) is 0 Å². The summed E-state index contributed by atoms with van der Waals surface area (Å²) in [5, 5.41) is 3.61. The maximum absolute atomic E-state index is 12.5. The molecular formula is C17H13ClN4O. The number of guanidine groups is 1. The van der Waals surface area contributed by atoms with Crippen molar-refractivity contribution in [3.8, 4) is 0 Å². The number of hydrogen-bond acceptors (Lipinski definition) is 3. The zero-order valence-electron chi connectivity index (χ0n) is 12.0. The second-order valence-electron chi connectivity index (χ2n) is 4.78. The number of nitrogens with two attached hydrogens (primary N) is 1. The molecule has 0 unspecified atom stereocenters. The first kappa shape index (κ1) is 15.0. The van der Waals surface area contributed by atoms with Crippen LogP contribution in [0.25, 0.3) is 10.9 Å². The lowest BCUT2D eigenvalue weighted by Crippen LogP contribution is -2.36. The van der Waals surface area contributed by atoms with Crippen molar-refractivity contribution in [2.75, 3.05) is 0 Å². The molecule has 0 spiro atoms. The molecule has 0 aliphatic heterocycles. The lowest BCUT2D eigenvalue weighted by Gasteiger charge is -2.08. The minimum absolute atomic E-state index is 0.0122. The van der Waals surface area contributed by atoms with Crippen molar-refractivity contribution >= 4 is 40.1 Å². The van der Waals surface area contributed by atoms with E-state index in [0.717, 1.165) is 0 Å². The van der Waals surface area contributed by atoms with Gasteiger partial charge in [-0.1, -0.05) is 35.9 Å². The number of amides is 1. The van der Waals surface area contributed by atoms with Crippen LogP contribution < -0.4 is 11.1 Å². The van der Waals surface area contributed by atoms with Crippen LogP contribution in [0.4, 0.5) is 5.69 Å². The fourth-order valence-electron chi connectivity index (χ4n) is 2.20.